The summed E-state index contributed by atoms with van der Waals surface area (Å²) < 4.78 is 10.5. The molecule has 0 bridgehead atoms. The van der Waals surface area contributed by atoms with E-state index in [0.717, 1.165) is 33.9 Å². The largest absolute Gasteiger partial charge is 0.458 e. The summed E-state index contributed by atoms with van der Waals surface area (Å²) in [6.07, 6.45) is 2.28. The molecule has 5 nitrogen and oxygen atoms in total. The van der Waals surface area contributed by atoms with Crippen molar-refractivity contribution in [1.82, 2.24) is 0 Å². The minimum Gasteiger partial charge on any atom is -0.458 e. The summed E-state index contributed by atoms with van der Waals surface area (Å²) >= 11 is 0. The van der Waals surface area contributed by atoms with Gasteiger partial charge in [0.25, 0.3) is 0 Å². The van der Waals surface area contributed by atoms with Crippen LogP contribution in [0.25, 0.3) is 11.1 Å². The number of rotatable bonds is 11. The Kier molecular flexibility index (Phi) is 8.90. The third kappa shape index (κ3) is 7.93. The molecule has 0 aliphatic heterocycles. The lowest BCUT2D eigenvalue weighted by Gasteiger charge is -2.08. The molecule has 0 aromatic heterocycles. The Hall–Kier alpha value is -4.25. The van der Waals surface area contributed by atoms with Gasteiger partial charge >= 0.3 is 11.9 Å². The number of hydrogen-bond donors (Lipinski definition) is 0. The van der Waals surface area contributed by atoms with Crippen molar-refractivity contribution in [3.8, 4) is 16.9 Å². The molecule has 0 aliphatic rings. The zero-order chi connectivity index (χ0) is 25.2. The van der Waals surface area contributed by atoms with E-state index in [1.807, 2.05) is 60.7 Å². The van der Waals surface area contributed by atoms with E-state index < -0.39 is 5.97 Å². The predicted molar refractivity (Wildman–Crippen MR) is 136 cm³/mol. The third-order valence-corrected chi connectivity index (χ3v) is 5.40. The number of Topliss-reactive ketones (excluding diaryl/α,β-unsaturated/α-hetero) is 1. The zero-order valence-corrected chi connectivity index (χ0v) is 19.8. The molecule has 35 heavy (non-hydrogen) atoms. The van der Waals surface area contributed by atoms with Gasteiger partial charge in [-0.1, -0.05) is 73.8 Å². The van der Waals surface area contributed by atoms with Crippen molar-refractivity contribution >= 4 is 17.7 Å². The standard InChI is InChI=1S/C30H28O5/c1-4-29(32)34-20-24-9-12-25(13-10-24)26-14-16-27(17-15-26)35-30(33)18-11-22-5-7-23(8-6-22)19-28(31)21(2)3/h4-10,12-17H,1-2,11,18-20H2,3H3. The number of carbonyl (C=O) groups excluding carboxylic acids is 3. The summed E-state index contributed by atoms with van der Waals surface area (Å²) in [5.41, 5.74) is 5.33. The van der Waals surface area contributed by atoms with Crippen LogP contribution < -0.4 is 4.74 Å². The second-order valence-corrected chi connectivity index (χ2v) is 8.20. The van der Waals surface area contributed by atoms with E-state index >= 15 is 0 Å². The number of aryl methyl sites for hydroxylation is 1. The summed E-state index contributed by atoms with van der Waals surface area (Å²) in [6, 6.07) is 22.6. The second kappa shape index (κ2) is 12.3. The molecule has 0 radical (unpaired) electrons. The Labute approximate surface area is 205 Å². The molecule has 0 heterocycles. The first kappa shape index (κ1) is 25.4. The SMILES string of the molecule is C=CC(=O)OCc1ccc(-c2ccc(OC(=O)CCc3ccc(CC(=O)C(=C)C)cc3)cc2)cc1. The van der Waals surface area contributed by atoms with Gasteiger partial charge in [0, 0.05) is 18.9 Å². The first-order chi connectivity index (χ1) is 16.8. The molecule has 0 saturated carbocycles. The van der Waals surface area contributed by atoms with Crippen LogP contribution in [0.5, 0.6) is 5.75 Å². The van der Waals surface area contributed by atoms with Crippen molar-refractivity contribution in [2.24, 2.45) is 0 Å². The minimum atomic E-state index is -0.455. The molecule has 3 aromatic carbocycles. The van der Waals surface area contributed by atoms with Gasteiger partial charge in [-0.05, 0) is 58.9 Å². The average Bonchev–Trinajstić information content (AvgIpc) is 2.87. The highest BCUT2D eigenvalue weighted by atomic mass is 16.5. The summed E-state index contributed by atoms with van der Waals surface area (Å²) in [4.78, 5) is 35.2. The second-order valence-electron chi connectivity index (χ2n) is 8.20. The number of ketones is 1. The molecule has 0 N–H and O–H groups in total. The van der Waals surface area contributed by atoms with E-state index in [1.165, 1.54) is 0 Å². The highest BCUT2D eigenvalue weighted by Gasteiger charge is 2.08. The summed E-state index contributed by atoms with van der Waals surface area (Å²) in [5, 5.41) is 0. The van der Waals surface area contributed by atoms with Gasteiger partial charge in [-0.2, -0.15) is 0 Å². The maximum Gasteiger partial charge on any atom is 0.330 e. The first-order valence-electron chi connectivity index (χ1n) is 11.3. The molecule has 0 unspecified atom stereocenters. The fourth-order valence-corrected chi connectivity index (χ4v) is 3.31. The average molecular weight is 469 g/mol. The van der Waals surface area contributed by atoms with Gasteiger partial charge in [-0.25, -0.2) is 4.79 Å². The fraction of sp³-hybridized carbons (Fsp3) is 0.167. The van der Waals surface area contributed by atoms with Crippen molar-refractivity contribution in [3.05, 3.63) is 114 Å². The number of carbonyl (C=O) groups is 3. The topological polar surface area (TPSA) is 69.7 Å². The Morgan fingerprint density at radius 2 is 1.34 bits per heavy atom. The Morgan fingerprint density at radius 1 is 0.800 bits per heavy atom. The smallest absolute Gasteiger partial charge is 0.330 e. The number of esters is 2. The van der Waals surface area contributed by atoms with Gasteiger partial charge in [0.05, 0.1) is 0 Å². The number of benzene rings is 3. The van der Waals surface area contributed by atoms with Gasteiger partial charge in [0.15, 0.2) is 5.78 Å². The van der Waals surface area contributed by atoms with Gasteiger partial charge in [-0.15, -0.1) is 0 Å². The van der Waals surface area contributed by atoms with Crippen molar-refractivity contribution in [3.63, 3.8) is 0 Å². The minimum absolute atomic E-state index is 0.0240. The monoisotopic (exact) mass is 468 g/mol. The van der Waals surface area contributed by atoms with Crippen LogP contribution in [0.3, 0.4) is 0 Å². The van der Waals surface area contributed by atoms with E-state index in [2.05, 4.69) is 13.2 Å². The van der Waals surface area contributed by atoms with Crippen molar-refractivity contribution < 1.29 is 23.9 Å². The maximum absolute atomic E-state index is 12.3. The van der Waals surface area contributed by atoms with E-state index in [0.29, 0.717) is 24.2 Å². The van der Waals surface area contributed by atoms with Crippen molar-refractivity contribution in [2.75, 3.05) is 0 Å². The number of ether oxygens (including phenoxy) is 2. The number of allylic oxidation sites excluding steroid dienone is 1. The maximum atomic E-state index is 12.3. The third-order valence-electron chi connectivity index (χ3n) is 5.40. The number of hydrogen-bond acceptors (Lipinski definition) is 5. The summed E-state index contributed by atoms with van der Waals surface area (Å²) in [5.74, 6) is -0.252. The van der Waals surface area contributed by atoms with E-state index in [9.17, 15) is 14.4 Å². The Morgan fingerprint density at radius 3 is 1.91 bits per heavy atom. The first-order valence-corrected chi connectivity index (χ1v) is 11.3. The van der Waals surface area contributed by atoms with Gasteiger partial charge in [0.1, 0.15) is 12.4 Å². The summed E-state index contributed by atoms with van der Waals surface area (Å²) in [7, 11) is 0. The van der Waals surface area contributed by atoms with Crippen LogP contribution in [0.2, 0.25) is 0 Å². The quantitative estimate of drug-likeness (QED) is 0.202. The van der Waals surface area contributed by atoms with E-state index in [4.69, 9.17) is 9.47 Å². The molecule has 0 atom stereocenters. The van der Waals surface area contributed by atoms with Gasteiger partial charge in [0.2, 0.25) is 0 Å². The van der Waals surface area contributed by atoms with Gasteiger partial charge < -0.3 is 9.47 Å². The predicted octanol–water partition coefficient (Wildman–Crippen LogP) is 5.81. The fourth-order valence-electron chi connectivity index (χ4n) is 3.31. The van der Waals surface area contributed by atoms with Crippen molar-refractivity contribution in [1.29, 1.82) is 0 Å². The van der Waals surface area contributed by atoms with Crippen LogP contribution in [0.15, 0.2) is 97.6 Å². The molecule has 0 amide bonds. The molecule has 5 heteroatoms. The van der Waals surface area contributed by atoms with Gasteiger partial charge in [-0.3, -0.25) is 9.59 Å². The molecular formula is C30H28O5. The van der Waals surface area contributed by atoms with Crippen LogP contribution in [0, 0.1) is 0 Å². The molecule has 0 fully saturated rings. The molecule has 3 aromatic rings. The van der Waals surface area contributed by atoms with Crippen molar-refractivity contribution in [2.45, 2.75) is 32.8 Å². The zero-order valence-electron chi connectivity index (χ0n) is 19.8. The highest BCUT2D eigenvalue weighted by Crippen LogP contribution is 2.23. The lowest BCUT2D eigenvalue weighted by atomic mass is 10.0. The molecule has 0 aliphatic carbocycles. The lowest BCUT2D eigenvalue weighted by molar-refractivity contribution is -0.139. The lowest BCUT2D eigenvalue weighted by Crippen LogP contribution is -2.09. The normalized spacial score (nSPS) is 10.3. The van der Waals surface area contributed by atoms with E-state index in [-0.39, 0.29) is 24.8 Å². The van der Waals surface area contributed by atoms with Crippen LogP contribution in [0.4, 0.5) is 0 Å². The Balaban J connectivity index is 1.48. The van der Waals surface area contributed by atoms with Crippen LogP contribution in [-0.2, 0) is 38.6 Å². The highest BCUT2D eigenvalue weighted by molar-refractivity contribution is 5.95. The van der Waals surface area contributed by atoms with Crippen LogP contribution in [-0.4, -0.2) is 17.7 Å². The Bertz CT molecular complexity index is 1200. The summed E-state index contributed by atoms with van der Waals surface area (Å²) in [6.45, 7) is 8.95. The molecule has 0 spiro atoms. The van der Waals surface area contributed by atoms with Crippen LogP contribution >= 0.6 is 0 Å². The molecular weight excluding hydrogens is 440 g/mol. The molecule has 3 rings (SSSR count). The molecule has 178 valence electrons. The molecule has 0 saturated heterocycles. The van der Waals surface area contributed by atoms with Crippen LogP contribution in [0.1, 0.15) is 30.0 Å². The van der Waals surface area contributed by atoms with E-state index in [1.54, 1.807) is 19.1 Å².